The van der Waals surface area contributed by atoms with E-state index in [1.54, 1.807) is 0 Å². The van der Waals surface area contributed by atoms with Crippen LogP contribution in [-0.4, -0.2) is 10.2 Å². The zero-order valence-electron chi connectivity index (χ0n) is 10.2. The van der Waals surface area contributed by atoms with Gasteiger partial charge in [-0.2, -0.15) is 18.4 Å². The van der Waals surface area contributed by atoms with Gasteiger partial charge in [-0.05, 0) is 31.2 Å². The summed E-state index contributed by atoms with van der Waals surface area (Å²) in [4.78, 5) is 11.5. The molecule has 20 heavy (non-hydrogen) atoms. The maximum absolute atomic E-state index is 12.3. The summed E-state index contributed by atoms with van der Waals surface area (Å²) >= 11 is 0.493. The lowest BCUT2D eigenvalue weighted by Gasteiger charge is -2.08. The Hall–Kier alpha value is -2.14. The number of carbonyl (C=O) groups excluding carboxylic acids is 1. The third-order valence-corrected chi connectivity index (χ3v) is 2.88. The molecule has 106 valence electrons. The summed E-state index contributed by atoms with van der Waals surface area (Å²) in [6.07, 6.45) is -4.42. The molecule has 1 aromatic carbocycles. The zero-order valence-corrected chi connectivity index (χ0v) is 11.0. The molecule has 0 spiro atoms. The quantitative estimate of drug-likeness (QED) is 0.386. The van der Waals surface area contributed by atoms with Gasteiger partial charge in [0.25, 0.3) is 5.12 Å². The number of nitrogens with one attached hydrogen (secondary N) is 1. The Morgan fingerprint density at radius 2 is 1.90 bits per heavy atom. The second-order valence-electron chi connectivity index (χ2n) is 3.64. The van der Waals surface area contributed by atoms with Crippen molar-refractivity contribution in [2.45, 2.75) is 13.1 Å². The molecule has 0 saturated heterocycles. The molecule has 0 aromatic heterocycles. The van der Waals surface area contributed by atoms with Crippen molar-refractivity contribution in [1.29, 1.82) is 5.26 Å². The third kappa shape index (κ3) is 4.20. The first-order valence-corrected chi connectivity index (χ1v) is 6.01. The van der Waals surface area contributed by atoms with Crippen LogP contribution in [0.3, 0.4) is 0 Å². The van der Waals surface area contributed by atoms with Crippen LogP contribution in [0.1, 0.15) is 12.5 Å². The molecule has 1 aromatic rings. The smallest absolute Gasteiger partial charge is 0.416 e. The normalized spacial score (nSPS) is 12.3. The first-order valence-electron chi connectivity index (χ1n) is 5.20. The van der Waals surface area contributed by atoms with Gasteiger partial charge >= 0.3 is 6.18 Å². The lowest BCUT2D eigenvalue weighted by atomic mass is 10.2. The number of anilines is 1. The van der Waals surface area contributed by atoms with Gasteiger partial charge < -0.3 is 9.83 Å². The van der Waals surface area contributed by atoms with Gasteiger partial charge in [0, 0.05) is 17.6 Å². The number of carbonyl (C=O) groups is 1. The van der Waals surface area contributed by atoms with Gasteiger partial charge in [-0.1, -0.05) is 0 Å². The molecule has 0 heterocycles. The molecule has 8 heteroatoms. The number of allylic oxidation sites excluding steroid dienone is 1. The van der Waals surface area contributed by atoms with Gasteiger partial charge in [0.1, 0.15) is 17.4 Å². The average Bonchev–Trinajstić information content (AvgIpc) is 2.36. The number of hydrogen-bond donors (Lipinski definition) is 2. The zero-order chi connectivity index (χ0) is 15.3. The molecule has 1 rings (SSSR count). The van der Waals surface area contributed by atoms with Crippen molar-refractivity contribution in [3.8, 4) is 6.07 Å². The van der Waals surface area contributed by atoms with E-state index in [1.165, 1.54) is 13.0 Å². The highest BCUT2D eigenvalue weighted by Crippen LogP contribution is 2.30. The van der Waals surface area contributed by atoms with Gasteiger partial charge in [0.2, 0.25) is 0 Å². The Morgan fingerprint density at radius 3 is 2.30 bits per heavy atom. The van der Waals surface area contributed by atoms with Crippen molar-refractivity contribution in [2.24, 2.45) is 0 Å². The summed E-state index contributed by atoms with van der Waals surface area (Å²) in [6.45, 7) is 1.19. The Balaban J connectivity index is 2.71. The Morgan fingerprint density at radius 1 is 1.35 bits per heavy atom. The van der Waals surface area contributed by atoms with Crippen molar-refractivity contribution < 1.29 is 23.1 Å². The monoisotopic (exact) mass is 302 g/mol. The number of nitrogens with zero attached hydrogens (tertiary/aromatic N) is 1. The fraction of sp³-hybridized carbons (Fsp3) is 0.167. The van der Waals surface area contributed by atoms with Crippen molar-refractivity contribution in [3.05, 3.63) is 41.2 Å². The van der Waals surface area contributed by atoms with Crippen LogP contribution in [0.15, 0.2) is 35.6 Å². The summed E-state index contributed by atoms with van der Waals surface area (Å²) in [5, 5.41) is 17.0. The van der Waals surface area contributed by atoms with Gasteiger partial charge in [0.05, 0.1) is 5.56 Å². The molecule has 0 aliphatic carbocycles. The SMILES string of the molecule is CC(O)=C(C#N)C(=O)SNc1ccc(C(F)(F)F)cc1. The van der Waals surface area contributed by atoms with Crippen LogP contribution in [0.2, 0.25) is 0 Å². The number of alkyl halides is 3. The predicted molar refractivity (Wildman–Crippen MR) is 68.6 cm³/mol. The number of benzene rings is 1. The third-order valence-electron chi connectivity index (χ3n) is 2.15. The average molecular weight is 302 g/mol. The molecule has 0 unspecified atom stereocenters. The van der Waals surface area contributed by atoms with E-state index in [0.717, 1.165) is 24.3 Å². The summed E-state index contributed by atoms with van der Waals surface area (Å²) in [5.41, 5.74) is -0.957. The highest BCUT2D eigenvalue weighted by Gasteiger charge is 2.29. The van der Waals surface area contributed by atoms with Crippen LogP contribution >= 0.6 is 11.9 Å². The molecule has 0 atom stereocenters. The minimum Gasteiger partial charge on any atom is -0.511 e. The van der Waals surface area contributed by atoms with E-state index in [-0.39, 0.29) is 5.69 Å². The first kappa shape index (κ1) is 15.9. The molecular weight excluding hydrogens is 293 g/mol. The van der Waals surface area contributed by atoms with E-state index < -0.39 is 28.2 Å². The van der Waals surface area contributed by atoms with Crippen LogP contribution in [0.25, 0.3) is 0 Å². The van der Waals surface area contributed by atoms with Gasteiger partial charge in [-0.25, -0.2) is 0 Å². The highest BCUT2D eigenvalue weighted by molar-refractivity contribution is 8.15. The molecule has 0 aliphatic heterocycles. The number of aliphatic hydroxyl groups excluding tert-OH is 1. The fourth-order valence-corrected chi connectivity index (χ4v) is 1.80. The van der Waals surface area contributed by atoms with Crippen molar-refractivity contribution in [2.75, 3.05) is 4.72 Å². The van der Waals surface area contributed by atoms with Crippen molar-refractivity contribution in [3.63, 3.8) is 0 Å². The molecule has 0 aliphatic rings. The number of rotatable bonds is 3. The van der Waals surface area contributed by atoms with E-state index in [0.29, 0.717) is 11.9 Å². The molecule has 0 bridgehead atoms. The number of aliphatic hydroxyl groups is 1. The number of halogens is 3. The molecule has 0 saturated carbocycles. The van der Waals surface area contributed by atoms with Crippen LogP contribution in [0.4, 0.5) is 18.9 Å². The Bertz CT molecular complexity index is 570. The summed E-state index contributed by atoms with van der Waals surface area (Å²) in [6, 6.07) is 5.59. The Labute approximate surface area is 117 Å². The largest absolute Gasteiger partial charge is 0.511 e. The molecule has 0 radical (unpaired) electrons. The maximum atomic E-state index is 12.3. The van der Waals surface area contributed by atoms with Gasteiger partial charge in [-0.3, -0.25) is 4.79 Å². The summed E-state index contributed by atoms with van der Waals surface area (Å²) in [7, 11) is 0. The lowest BCUT2D eigenvalue weighted by molar-refractivity contribution is -0.137. The maximum Gasteiger partial charge on any atom is 0.416 e. The molecular formula is C12H9F3N2O2S. The van der Waals surface area contributed by atoms with Crippen molar-refractivity contribution in [1.82, 2.24) is 0 Å². The van der Waals surface area contributed by atoms with E-state index >= 15 is 0 Å². The van der Waals surface area contributed by atoms with Crippen molar-refractivity contribution >= 4 is 22.8 Å². The highest BCUT2D eigenvalue weighted by atomic mass is 32.2. The lowest BCUT2D eigenvalue weighted by Crippen LogP contribution is -2.05. The predicted octanol–water partition coefficient (Wildman–Crippen LogP) is 3.65. The van der Waals surface area contributed by atoms with Gasteiger partial charge in [-0.15, -0.1) is 0 Å². The number of hydrogen-bond acceptors (Lipinski definition) is 5. The van der Waals surface area contributed by atoms with Crippen LogP contribution in [-0.2, 0) is 11.0 Å². The minimum absolute atomic E-state index is 0.268. The topological polar surface area (TPSA) is 73.1 Å². The van der Waals surface area contributed by atoms with E-state index in [2.05, 4.69) is 4.72 Å². The minimum atomic E-state index is -4.42. The molecule has 2 N–H and O–H groups in total. The van der Waals surface area contributed by atoms with Crippen LogP contribution < -0.4 is 4.72 Å². The summed E-state index contributed by atoms with van der Waals surface area (Å²) in [5.74, 6) is -0.417. The first-order chi connectivity index (χ1) is 9.25. The van der Waals surface area contributed by atoms with Crippen LogP contribution in [0.5, 0.6) is 0 Å². The van der Waals surface area contributed by atoms with E-state index in [4.69, 9.17) is 10.4 Å². The molecule has 4 nitrogen and oxygen atoms in total. The standard InChI is InChI=1S/C12H9F3N2O2S/c1-7(18)10(6-16)11(19)20-17-9-4-2-8(3-5-9)12(13,14)15/h2-5,17-18H,1H3. The van der Waals surface area contributed by atoms with Gasteiger partial charge in [0.15, 0.2) is 0 Å². The fourth-order valence-electron chi connectivity index (χ4n) is 1.16. The number of nitriles is 1. The second-order valence-corrected chi connectivity index (χ2v) is 4.42. The van der Waals surface area contributed by atoms with Crippen LogP contribution in [0, 0.1) is 11.3 Å². The second kappa shape index (κ2) is 6.34. The molecule has 0 fully saturated rings. The molecule has 0 amide bonds. The van der Waals surface area contributed by atoms with E-state index in [1.807, 2.05) is 0 Å². The summed E-state index contributed by atoms with van der Waals surface area (Å²) < 4.78 is 39.5. The van der Waals surface area contributed by atoms with E-state index in [9.17, 15) is 18.0 Å². The Kier molecular flexibility index (Phi) is 5.05.